The first kappa shape index (κ1) is 19.5. The minimum Gasteiger partial charge on any atom is -0.399 e. The maximum Gasteiger partial charge on any atom is 0.251 e. The van der Waals surface area contributed by atoms with Gasteiger partial charge < -0.3 is 17.2 Å². The summed E-state index contributed by atoms with van der Waals surface area (Å²) in [6, 6.07) is 6.21. The van der Waals surface area contributed by atoms with Gasteiger partial charge >= 0.3 is 0 Å². The van der Waals surface area contributed by atoms with Crippen LogP contribution in [-0.4, -0.2) is 23.8 Å². The summed E-state index contributed by atoms with van der Waals surface area (Å²) in [5.74, 6) is -0.995. The van der Waals surface area contributed by atoms with Crippen molar-refractivity contribution in [2.24, 2.45) is 16.5 Å². The van der Waals surface area contributed by atoms with E-state index in [1.807, 2.05) is 0 Å². The third kappa shape index (κ3) is 7.62. The van der Waals surface area contributed by atoms with Crippen LogP contribution in [0.5, 0.6) is 0 Å². The zero-order chi connectivity index (χ0) is 17.9. The maximum absolute atomic E-state index is 12.3. The number of benzene rings is 1. The molecule has 0 aromatic heterocycles. The number of nitrogens with two attached hydrogens (primary N) is 3. The summed E-state index contributed by atoms with van der Waals surface area (Å²) >= 11 is 0. The fourth-order valence-corrected chi connectivity index (χ4v) is 2.25. The minimum absolute atomic E-state index is 0.194. The summed E-state index contributed by atoms with van der Waals surface area (Å²) in [6.45, 7) is 2.10. The summed E-state index contributed by atoms with van der Waals surface area (Å²) in [5, 5.41) is 2.37. The number of imide groups is 1. The van der Waals surface area contributed by atoms with Gasteiger partial charge in [-0.05, 0) is 24.1 Å². The molecule has 0 spiro atoms. The zero-order valence-electron chi connectivity index (χ0n) is 14.1. The standard InChI is InChI=1S/C17H27N5O2/c1-2-3-4-5-6-15(23)22-16(24)14(21-17(19)20)11-12-7-9-13(18)10-8-12/h7-10,14H,2-6,11,18H2,1H3,(H4,19,20,21)(H,22,23,24)/t14-/m0/s1. The number of hydrogen-bond donors (Lipinski definition) is 4. The average Bonchev–Trinajstić information content (AvgIpc) is 2.52. The topological polar surface area (TPSA) is 137 Å². The Kier molecular flexibility index (Phi) is 8.32. The van der Waals surface area contributed by atoms with Crippen LogP contribution < -0.4 is 22.5 Å². The van der Waals surface area contributed by atoms with Crippen LogP contribution in [0.4, 0.5) is 5.69 Å². The minimum atomic E-state index is -0.849. The van der Waals surface area contributed by atoms with Gasteiger partial charge in [0.05, 0.1) is 0 Å². The van der Waals surface area contributed by atoms with Crippen molar-refractivity contribution in [3.8, 4) is 0 Å². The molecule has 0 bridgehead atoms. The van der Waals surface area contributed by atoms with Gasteiger partial charge in [-0.3, -0.25) is 14.9 Å². The molecular formula is C17H27N5O2. The number of hydrogen-bond acceptors (Lipinski definition) is 4. The number of aliphatic imine (C=N–C) groups is 1. The Bertz CT molecular complexity index is 565. The predicted molar refractivity (Wildman–Crippen MR) is 96.1 cm³/mol. The fourth-order valence-electron chi connectivity index (χ4n) is 2.25. The van der Waals surface area contributed by atoms with Crippen LogP contribution in [0.15, 0.2) is 29.3 Å². The van der Waals surface area contributed by atoms with E-state index < -0.39 is 11.9 Å². The number of unbranched alkanes of at least 4 members (excludes halogenated alkanes) is 3. The quantitative estimate of drug-likeness (QED) is 0.232. The van der Waals surface area contributed by atoms with Crippen molar-refractivity contribution in [1.82, 2.24) is 5.32 Å². The summed E-state index contributed by atoms with van der Waals surface area (Å²) in [5.41, 5.74) is 17.9. The van der Waals surface area contributed by atoms with Crippen LogP contribution in [0.2, 0.25) is 0 Å². The molecule has 0 aliphatic carbocycles. The van der Waals surface area contributed by atoms with Crippen molar-refractivity contribution in [2.75, 3.05) is 5.73 Å². The molecule has 0 saturated carbocycles. The van der Waals surface area contributed by atoms with Gasteiger partial charge in [0.15, 0.2) is 5.96 Å². The molecule has 0 aliphatic rings. The van der Waals surface area contributed by atoms with Gasteiger partial charge in [0, 0.05) is 18.5 Å². The maximum atomic E-state index is 12.3. The molecule has 7 heteroatoms. The Morgan fingerprint density at radius 2 is 1.79 bits per heavy atom. The number of nitrogen functional groups attached to an aromatic ring is 1. The lowest BCUT2D eigenvalue weighted by molar-refractivity contribution is -0.131. The van der Waals surface area contributed by atoms with Crippen LogP contribution in [0.25, 0.3) is 0 Å². The van der Waals surface area contributed by atoms with E-state index in [2.05, 4.69) is 17.2 Å². The van der Waals surface area contributed by atoms with Crippen molar-refractivity contribution in [1.29, 1.82) is 0 Å². The van der Waals surface area contributed by atoms with Gasteiger partial charge in [-0.2, -0.15) is 0 Å². The molecule has 1 aromatic carbocycles. The van der Waals surface area contributed by atoms with E-state index in [0.717, 1.165) is 31.2 Å². The molecule has 0 heterocycles. The lowest BCUT2D eigenvalue weighted by Gasteiger charge is -2.13. The normalized spacial score (nSPS) is 11.5. The number of carbonyl (C=O) groups excluding carboxylic acids is 2. The van der Waals surface area contributed by atoms with Crippen molar-refractivity contribution in [3.05, 3.63) is 29.8 Å². The second kappa shape index (κ2) is 10.3. The molecule has 0 aliphatic heterocycles. The Morgan fingerprint density at radius 1 is 1.12 bits per heavy atom. The molecule has 0 radical (unpaired) electrons. The number of carbonyl (C=O) groups is 2. The lowest BCUT2D eigenvalue weighted by atomic mass is 10.1. The zero-order valence-corrected chi connectivity index (χ0v) is 14.1. The molecule has 1 rings (SSSR count). The Morgan fingerprint density at radius 3 is 2.38 bits per heavy atom. The van der Waals surface area contributed by atoms with E-state index in [1.54, 1.807) is 24.3 Å². The highest BCUT2D eigenvalue weighted by molar-refractivity contribution is 5.98. The first-order valence-corrected chi connectivity index (χ1v) is 8.19. The highest BCUT2D eigenvalue weighted by Gasteiger charge is 2.20. The van der Waals surface area contributed by atoms with Crippen molar-refractivity contribution >= 4 is 23.5 Å². The number of nitrogens with zero attached hydrogens (tertiary/aromatic N) is 1. The van der Waals surface area contributed by atoms with Crippen molar-refractivity contribution in [3.63, 3.8) is 0 Å². The first-order chi connectivity index (χ1) is 11.4. The monoisotopic (exact) mass is 333 g/mol. The van der Waals surface area contributed by atoms with Crippen LogP contribution in [0.3, 0.4) is 0 Å². The smallest absolute Gasteiger partial charge is 0.251 e. The number of rotatable bonds is 9. The van der Waals surface area contributed by atoms with Crippen LogP contribution >= 0.6 is 0 Å². The molecule has 0 fully saturated rings. The SMILES string of the molecule is CCCCCCC(=O)NC(=O)[C@H](Cc1ccc(N)cc1)N=C(N)N. The van der Waals surface area contributed by atoms with Gasteiger partial charge in [-0.1, -0.05) is 38.3 Å². The molecule has 1 atom stereocenters. The molecule has 7 nitrogen and oxygen atoms in total. The first-order valence-electron chi connectivity index (χ1n) is 8.19. The Labute approximate surface area is 142 Å². The van der Waals surface area contributed by atoms with Crippen LogP contribution in [-0.2, 0) is 16.0 Å². The summed E-state index contributed by atoms with van der Waals surface area (Å²) in [7, 11) is 0. The Hall–Kier alpha value is -2.57. The molecule has 7 N–H and O–H groups in total. The Balaban J connectivity index is 2.63. The fraction of sp³-hybridized carbons (Fsp3) is 0.471. The van der Waals surface area contributed by atoms with E-state index in [4.69, 9.17) is 17.2 Å². The third-order valence-electron chi connectivity index (χ3n) is 3.54. The van der Waals surface area contributed by atoms with Crippen molar-refractivity contribution < 1.29 is 9.59 Å². The van der Waals surface area contributed by atoms with Gasteiger partial charge in [-0.25, -0.2) is 4.99 Å². The van der Waals surface area contributed by atoms with E-state index in [1.165, 1.54) is 0 Å². The number of amides is 2. The lowest BCUT2D eigenvalue weighted by Crippen LogP contribution is -2.40. The third-order valence-corrected chi connectivity index (χ3v) is 3.54. The van der Waals surface area contributed by atoms with E-state index >= 15 is 0 Å². The number of guanidine groups is 1. The molecule has 0 unspecified atom stereocenters. The van der Waals surface area contributed by atoms with Crippen molar-refractivity contribution in [2.45, 2.75) is 51.5 Å². The van der Waals surface area contributed by atoms with E-state index in [0.29, 0.717) is 12.1 Å². The summed E-state index contributed by atoms with van der Waals surface area (Å²) in [6.07, 6.45) is 4.51. The van der Waals surface area contributed by atoms with Gasteiger partial charge in [0.2, 0.25) is 5.91 Å². The molecule has 1 aromatic rings. The summed E-state index contributed by atoms with van der Waals surface area (Å²) in [4.78, 5) is 28.1. The van der Waals surface area contributed by atoms with Crippen LogP contribution in [0, 0.1) is 0 Å². The van der Waals surface area contributed by atoms with Crippen LogP contribution in [0.1, 0.15) is 44.6 Å². The number of nitrogens with one attached hydrogen (secondary N) is 1. The predicted octanol–water partition coefficient (Wildman–Crippen LogP) is 1.07. The van der Waals surface area contributed by atoms with E-state index in [-0.39, 0.29) is 18.3 Å². The second-order valence-corrected chi connectivity index (χ2v) is 5.74. The van der Waals surface area contributed by atoms with Gasteiger partial charge in [0.1, 0.15) is 6.04 Å². The molecule has 2 amide bonds. The second-order valence-electron chi connectivity index (χ2n) is 5.74. The highest BCUT2D eigenvalue weighted by atomic mass is 16.2. The average molecular weight is 333 g/mol. The molecular weight excluding hydrogens is 306 g/mol. The molecule has 0 saturated heterocycles. The largest absolute Gasteiger partial charge is 0.399 e. The molecule has 132 valence electrons. The van der Waals surface area contributed by atoms with Gasteiger partial charge in [0.25, 0.3) is 5.91 Å². The highest BCUT2D eigenvalue weighted by Crippen LogP contribution is 2.10. The summed E-state index contributed by atoms with van der Waals surface area (Å²) < 4.78 is 0. The molecule has 24 heavy (non-hydrogen) atoms. The van der Waals surface area contributed by atoms with Gasteiger partial charge in [-0.15, -0.1) is 0 Å². The number of anilines is 1. The van der Waals surface area contributed by atoms with E-state index in [9.17, 15) is 9.59 Å².